The number of aromatic nitrogens is 1. The molecule has 1 aliphatic rings. The number of nitrogens with zero attached hydrogens (tertiary/aromatic N) is 2. The number of benzene rings is 2. The summed E-state index contributed by atoms with van der Waals surface area (Å²) in [7, 11) is 0. The minimum atomic E-state index is -0.0938. The molecule has 4 rings (SSSR count). The highest BCUT2D eigenvalue weighted by Crippen LogP contribution is 2.34. The van der Waals surface area contributed by atoms with E-state index in [1.165, 1.54) is 0 Å². The Labute approximate surface area is 150 Å². The number of thiazole rings is 1. The van der Waals surface area contributed by atoms with Gasteiger partial charge in [0.2, 0.25) is 0 Å². The Balaban J connectivity index is 1.61. The number of para-hydroxylation sites is 2. The molecule has 0 radical (unpaired) electrons. The van der Waals surface area contributed by atoms with Crippen molar-refractivity contribution < 1.29 is 9.53 Å². The first-order valence-corrected chi connectivity index (χ1v) is 9.15. The molecule has 5 nitrogen and oxygen atoms in total. The number of hydrogen-bond acceptors (Lipinski definition) is 4. The van der Waals surface area contributed by atoms with Crippen LogP contribution < -0.4 is 5.32 Å². The number of carbonyl (C=O) groups is 1. The molecule has 6 heteroatoms. The van der Waals surface area contributed by atoms with Gasteiger partial charge in [-0.3, -0.25) is 0 Å². The molecule has 25 heavy (non-hydrogen) atoms. The second-order valence-corrected chi connectivity index (χ2v) is 7.12. The van der Waals surface area contributed by atoms with Crippen molar-refractivity contribution in [3.8, 4) is 10.6 Å². The number of carbonyl (C=O) groups excluding carboxylic acids is 1. The molecule has 128 valence electrons. The normalized spacial score (nSPS) is 17.6. The van der Waals surface area contributed by atoms with Crippen LogP contribution in [-0.4, -0.2) is 41.7 Å². The summed E-state index contributed by atoms with van der Waals surface area (Å²) in [5, 5.41) is 3.95. The van der Waals surface area contributed by atoms with Gasteiger partial charge in [0.15, 0.2) is 0 Å². The van der Waals surface area contributed by atoms with Crippen molar-refractivity contribution in [3.05, 3.63) is 48.5 Å². The lowest BCUT2D eigenvalue weighted by atomic mass is 10.2. The quantitative estimate of drug-likeness (QED) is 0.751. The number of hydrogen-bond donors (Lipinski definition) is 1. The lowest BCUT2D eigenvalue weighted by Gasteiger charge is -2.31. The summed E-state index contributed by atoms with van der Waals surface area (Å²) in [5.41, 5.74) is 2.70. The van der Waals surface area contributed by atoms with Crippen LogP contribution in [0.1, 0.15) is 6.92 Å². The van der Waals surface area contributed by atoms with Gasteiger partial charge in [-0.15, -0.1) is 11.3 Å². The van der Waals surface area contributed by atoms with Crippen molar-refractivity contribution in [2.75, 3.05) is 25.0 Å². The summed E-state index contributed by atoms with van der Waals surface area (Å²) in [6.07, 6.45) is 0.0685. The predicted octanol–water partition coefficient (Wildman–Crippen LogP) is 4.22. The van der Waals surface area contributed by atoms with Crippen LogP contribution in [0.3, 0.4) is 0 Å². The van der Waals surface area contributed by atoms with Gasteiger partial charge in [0.05, 0.1) is 28.6 Å². The number of rotatable bonds is 2. The van der Waals surface area contributed by atoms with Crippen molar-refractivity contribution >= 4 is 33.3 Å². The molecule has 2 amide bonds. The Hall–Kier alpha value is -2.44. The van der Waals surface area contributed by atoms with Crippen LogP contribution in [0.25, 0.3) is 20.8 Å². The number of ether oxygens (including phenoxy) is 1. The summed E-state index contributed by atoms with van der Waals surface area (Å²) < 4.78 is 6.64. The molecule has 3 aromatic rings. The third-order valence-corrected chi connectivity index (χ3v) is 5.29. The van der Waals surface area contributed by atoms with E-state index in [2.05, 4.69) is 11.4 Å². The molecular weight excluding hydrogens is 334 g/mol. The van der Waals surface area contributed by atoms with Gasteiger partial charge in [-0.05, 0) is 31.2 Å². The number of nitrogens with one attached hydrogen (secondary N) is 1. The summed E-state index contributed by atoms with van der Waals surface area (Å²) in [5.74, 6) is 0. The molecule has 0 bridgehead atoms. The highest BCUT2D eigenvalue weighted by molar-refractivity contribution is 7.21. The van der Waals surface area contributed by atoms with E-state index in [1.807, 2.05) is 49.4 Å². The molecule has 1 N–H and O–H groups in total. The zero-order chi connectivity index (χ0) is 17.2. The number of urea groups is 1. The van der Waals surface area contributed by atoms with E-state index in [-0.39, 0.29) is 12.1 Å². The average molecular weight is 353 g/mol. The van der Waals surface area contributed by atoms with Gasteiger partial charge in [0, 0.05) is 18.7 Å². The number of fused-ring (bicyclic) bond motifs is 1. The van der Waals surface area contributed by atoms with Gasteiger partial charge in [0.1, 0.15) is 5.01 Å². The van der Waals surface area contributed by atoms with Crippen LogP contribution in [0, 0.1) is 0 Å². The molecule has 2 aromatic carbocycles. The van der Waals surface area contributed by atoms with E-state index in [1.54, 1.807) is 16.2 Å². The molecule has 1 fully saturated rings. The molecule has 1 unspecified atom stereocenters. The molecule has 1 aromatic heterocycles. The van der Waals surface area contributed by atoms with Crippen molar-refractivity contribution in [1.82, 2.24) is 9.88 Å². The van der Waals surface area contributed by atoms with E-state index in [9.17, 15) is 4.79 Å². The van der Waals surface area contributed by atoms with Crippen LogP contribution in [-0.2, 0) is 4.74 Å². The van der Waals surface area contributed by atoms with Crippen LogP contribution in [0.2, 0.25) is 0 Å². The van der Waals surface area contributed by atoms with E-state index in [4.69, 9.17) is 9.72 Å². The first kappa shape index (κ1) is 16.1. The Kier molecular flexibility index (Phi) is 4.38. The predicted molar refractivity (Wildman–Crippen MR) is 101 cm³/mol. The fourth-order valence-electron chi connectivity index (χ4n) is 2.96. The highest BCUT2D eigenvalue weighted by atomic mass is 32.1. The van der Waals surface area contributed by atoms with Gasteiger partial charge < -0.3 is 15.0 Å². The molecule has 2 heterocycles. The molecular formula is C19H19N3O2S. The molecule has 1 atom stereocenters. The summed E-state index contributed by atoms with van der Waals surface area (Å²) in [6, 6.07) is 15.8. The largest absolute Gasteiger partial charge is 0.375 e. The fourth-order valence-corrected chi connectivity index (χ4v) is 3.97. The standard InChI is InChI=1S/C19H19N3O2S/c1-13-12-22(10-11-24-13)19(23)21-15-7-3-2-6-14(15)18-20-16-8-4-5-9-17(16)25-18/h2-9,13H,10-12H2,1H3,(H,21,23). The first-order chi connectivity index (χ1) is 12.2. The number of morpholine rings is 1. The topological polar surface area (TPSA) is 54.5 Å². The molecule has 0 saturated carbocycles. The van der Waals surface area contributed by atoms with Crippen molar-refractivity contribution in [1.29, 1.82) is 0 Å². The second kappa shape index (κ2) is 6.82. The Morgan fingerprint density at radius 2 is 2.04 bits per heavy atom. The smallest absolute Gasteiger partial charge is 0.322 e. The number of anilines is 1. The Morgan fingerprint density at radius 3 is 2.88 bits per heavy atom. The number of amides is 2. The third kappa shape index (κ3) is 3.36. The summed E-state index contributed by atoms with van der Waals surface area (Å²) >= 11 is 1.63. The first-order valence-electron chi connectivity index (χ1n) is 8.33. The monoisotopic (exact) mass is 353 g/mol. The molecule has 0 spiro atoms. The van der Waals surface area contributed by atoms with Crippen molar-refractivity contribution in [2.24, 2.45) is 0 Å². The van der Waals surface area contributed by atoms with Crippen molar-refractivity contribution in [2.45, 2.75) is 13.0 Å². The van der Waals surface area contributed by atoms with Crippen LogP contribution in [0.5, 0.6) is 0 Å². The van der Waals surface area contributed by atoms with Crippen LogP contribution in [0.4, 0.5) is 10.5 Å². The fraction of sp³-hybridized carbons (Fsp3) is 0.263. The minimum absolute atomic E-state index is 0.0685. The third-order valence-electron chi connectivity index (χ3n) is 4.22. The minimum Gasteiger partial charge on any atom is -0.375 e. The van der Waals surface area contributed by atoms with Gasteiger partial charge in [0.25, 0.3) is 0 Å². The highest BCUT2D eigenvalue weighted by Gasteiger charge is 2.22. The zero-order valence-corrected chi connectivity index (χ0v) is 14.8. The Morgan fingerprint density at radius 1 is 1.24 bits per heavy atom. The van der Waals surface area contributed by atoms with Crippen LogP contribution >= 0.6 is 11.3 Å². The van der Waals surface area contributed by atoms with Gasteiger partial charge >= 0.3 is 6.03 Å². The van der Waals surface area contributed by atoms with Gasteiger partial charge in [-0.2, -0.15) is 0 Å². The maximum absolute atomic E-state index is 12.6. The zero-order valence-electron chi connectivity index (χ0n) is 13.9. The molecule has 1 aliphatic heterocycles. The lowest BCUT2D eigenvalue weighted by Crippen LogP contribution is -2.46. The van der Waals surface area contributed by atoms with Crippen LogP contribution in [0.15, 0.2) is 48.5 Å². The summed E-state index contributed by atoms with van der Waals surface area (Å²) in [4.78, 5) is 19.1. The molecule has 0 aliphatic carbocycles. The average Bonchev–Trinajstić information content (AvgIpc) is 3.06. The van der Waals surface area contributed by atoms with E-state index in [0.29, 0.717) is 19.7 Å². The van der Waals surface area contributed by atoms with Gasteiger partial charge in [-0.25, -0.2) is 9.78 Å². The molecule has 1 saturated heterocycles. The SMILES string of the molecule is CC1CN(C(=O)Nc2ccccc2-c2nc3ccccc3s2)CCO1. The van der Waals surface area contributed by atoms with Gasteiger partial charge in [-0.1, -0.05) is 24.3 Å². The van der Waals surface area contributed by atoms with E-state index < -0.39 is 0 Å². The lowest BCUT2D eigenvalue weighted by molar-refractivity contribution is -0.00138. The maximum Gasteiger partial charge on any atom is 0.322 e. The Bertz CT molecular complexity index is 875. The maximum atomic E-state index is 12.6. The van der Waals surface area contributed by atoms with Crippen molar-refractivity contribution in [3.63, 3.8) is 0 Å². The summed E-state index contributed by atoms with van der Waals surface area (Å²) in [6.45, 7) is 3.78. The van der Waals surface area contributed by atoms with E-state index in [0.717, 1.165) is 26.5 Å². The van der Waals surface area contributed by atoms with E-state index >= 15 is 0 Å². The second-order valence-electron chi connectivity index (χ2n) is 6.09.